The second-order valence-electron chi connectivity index (χ2n) is 2.43. The standard InChI is InChI=1S/C6H9B2N3O4/c1-11(2-5(14)15)6(9-7-3-12)10-8-4-13/h3-4H,2H2,1H3,(H,9,10)(H,14,15). The van der Waals surface area contributed by atoms with Crippen LogP contribution in [0.2, 0.25) is 0 Å². The summed E-state index contributed by atoms with van der Waals surface area (Å²) in [5.74, 6) is -0.958. The Morgan fingerprint density at radius 1 is 1.53 bits per heavy atom. The number of aliphatic carboxylic acids is 1. The van der Waals surface area contributed by atoms with E-state index in [0.29, 0.717) is 12.4 Å². The van der Waals surface area contributed by atoms with Crippen molar-refractivity contribution in [2.75, 3.05) is 13.6 Å². The van der Waals surface area contributed by atoms with Gasteiger partial charge in [-0.2, -0.15) is 0 Å². The Hall–Kier alpha value is -1.79. The molecule has 15 heavy (non-hydrogen) atoms. The Morgan fingerprint density at radius 2 is 2.20 bits per heavy atom. The van der Waals surface area contributed by atoms with Gasteiger partial charge in [0.05, 0.1) is 0 Å². The van der Waals surface area contributed by atoms with Crippen molar-refractivity contribution in [1.29, 1.82) is 0 Å². The summed E-state index contributed by atoms with van der Waals surface area (Å²) in [5.41, 5.74) is 0. The molecule has 0 fully saturated rings. The number of carboxylic acid groups (broad SMARTS) is 1. The molecule has 0 aromatic carbocycles. The molecule has 78 valence electrons. The van der Waals surface area contributed by atoms with Crippen molar-refractivity contribution in [3.05, 3.63) is 0 Å². The van der Waals surface area contributed by atoms with Crippen LogP contribution < -0.4 is 5.23 Å². The first-order valence-electron chi connectivity index (χ1n) is 3.93. The van der Waals surface area contributed by atoms with Crippen molar-refractivity contribution in [2.24, 2.45) is 4.90 Å². The van der Waals surface area contributed by atoms with Crippen molar-refractivity contribution >= 4 is 39.1 Å². The smallest absolute Gasteiger partial charge is 0.358 e. The van der Waals surface area contributed by atoms with Crippen LogP contribution in [0, 0.1) is 0 Å². The van der Waals surface area contributed by atoms with Gasteiger partial charge >= 0.3 is 20.8 Å². The number of hydrogen-bond donors (Lipinski definition) is 2. The number of carboxylic acids is 1. The highest BCUT2D eigenvalue weighted by molar-refractivity contribution is 6.68. The van der Waals surface area contributed by atoms with E-state index in [1.54, 1.807) is 0 Å². The molecule has 0 bridgehead atoms. The largest absolute Gasteiger partial charge is 0.480 e. The minimum atomic E-state index is -1.05. The van der Waals surface area contributed by atoms with Crippen molar-refractivity contribution in [3.63, 3.8) is 0 Å². The second kappa shape index (κ2) is 7.60. The number of guanidine groups is 1. The van der Waals surface area contributed by atoms with E-state index < -0.39 is 5.97 Å². The SMILES string of the molecule is CN(CC(=O)O)C(=N[B]C=O)N[B]C=O. The van der Waals surface area contributed by atoms with Gasteiger partial charge in [0.2, 0.25) is 0 Å². The Bertz CT molecular complexity index is 271. The molecule has 7 nitrogen and oxygen atoms in total. The quantitative estimate of drug-likeness (QED) is 0.218. The van der Waals surface area contributed by atoms with Crippen LogP contribution in [-0.2, 0) is 14.4 Å². The maximum atomic E-state index is 10.4. The molecule has 0 unspecified atom stereocenters. The fraction of sp³-hybridized carbons (Fsp3) is 0.333. The lowest BCUT2D eigenvalue weighted by atomic mass is 9.98. The van der Waals surface area contributed by atoms with Crippen LogP contribution >= 0.6 is 0 Å². The Kier molecular flexibility index (Phi) is 6.69. The highest BCUT2D eigenvalue weighted by atomic mass is 16.4. The zero-order valence-electron chi connectivity index (χ0n) is 8.08. The van der Waals surface area contributed by atoms with Crippen LogP contribution in [0.4, 0.5) is 0 Å². The molecule has 0 aliphatic rings. The summed E-state index contributed by atoms with van der Waals surface area (Å²) < 4.78 is 0. The minimum absolute atomic E-state index is 0.0941. The predicted octanol–water partition coefficient (Wildman–Crippen LogP) is -2.43. The number of rotatable bonds is 6. The van der Waals surface area contributed by atoms with Gasteiger partial charge in [-0.25, -0.2) is 0 Å². The summed E-state index contributed by atoms with van der Waals surface area (Å²) in [6.07, 6.45) is 0.919. The molecule has 0 aliphatic carbocycles. The van der Waals surface area contributed by atoms with Gasteiger partial charge in [0.15, 0.2) is 5.96 Å². The zero-order chi connectivity index (χ0) is 11.7. The first-order chi connectivity index (χ1) is 7.11. The van der Waals surface area contributed by atoms with Gasteiger partial charge in [-0.1, -0.05) is 0 Å². The molecule has 0 spiro atoms. The van der Waals surface area contributed by atoms with E-state index in [4.69, 9.17) is 5.11 Å². The summed E-state index contributed by atoms with van der Waals surface area (Å²) in [5, 5.41) is 10.9. The molecule has 0 saturated heterocycles. The van der Waals surface area contributed by atoms with Crippen molar-refractivity contribution in [3.8, 4) is 0 Å². The van der Waals surface area contributed by atoms with Gasteiger partial charge in [-0.05, 0) is 0 Å². The van der Waals surface area contributed by atoms with E-state index in [1.165, 1.54) is 11.9 Å². The monoisotopic (exact) mass is 209 g/mol. The number of hydrogen-bond acceptors (Lipinski definition) is 4. The average Bonchev–Trinajstić information content (AvgIpc) is 2.17. The van der Waals surface area contributed by atoms with Gasteiger partial charge in [0.25, 0.3) is 0 Å². The van der Waals surface area contributed by atoms with Crippen molar-refractivity contribution in [1.82, 2.24) is 10.1 Å². The normalized spacial score (nSPS) is 10.1. The van der Waals surface area contributed by atoms with Crippen molar-refractivity contribution in [2.45, 2.75) is 0 Å². The maximum absolute atomic E-state index is 10.4. The Morgan fingerprint density at radius 3 is 2.67 bits per heavy atom. The van der Waals surface area contributed by atoms with E-state index in [2.05, 4.69) is 10.1 Å². The summed E-state index contributed by atoms with van der Waals surface area (Å²) >= 11 is 0. The summed E-state index contributed by atoms with van der Waals surface area (Å²) in [4.78, 5) is 35.3. The number of nitrogens with one attached hydrogen (secondary N) is 1. The number of nitrogens with zero attached hydrogens (tertiary/aromatic N) is 2. The molecule has 0 atom stereocenters. The molecular weight excluding hydrogens is 200 g/mol. The Labute approximate surface area is 88.1 Å². The number of carbonyl (C=O) groups is 3. The molecule has 9 heteroatoms. The summed E-state index contributed by atoms with van der Waals surface area (Å²) in [6, 6.07) is 0. The van der Waals surface area contributed by atoms with Gasteiger partial charge in [0, 0.05) is 7.05 Å². The molecule has 2 radical (unpaired) electrons. The first-order valence-corrected chi connectivity index (χ1v) is 3.93. The maximum Gasteiger partial charge on any atom is 0.358 e. The van der Waals surface area contributed by atoms with E-state index in [-0.39, 0.29) is 12.5 Å². The third-order valence-corrected chi connectivity index (χ3v) is 1.27. The fourth-order valence-electron chi connectivity index (χ4n) is 0.733. The molecule has 0 saturated carbocycles. The first kappa shape index (κ1) is 13.2. The van der Waals surface area contributed by atoms with E-state index in [0.717, 1.165) is 14.8 Å². The number of carbonyl (C=O) groups excluding carboxylic acids is 2. The van der Waals surface area contributed by atoms with E-state index in [1.807, 2.05) is 0 Å². The van der Waals surface area contributed by atoms with Gasteiger partial charge in [0.1, 0.15) is 18.9 Å². The molecule has 2 N–H and O–H groups in total. The summed E-state index contributed by atoms with van der Waals surface area (Å²) in [6.45, 7) is -0.300. The Balaban J connectivity index is 4.38. The summed E-state index contributed by atoms with van der Waals surface area (Å²) in [7, 11) is 3.44. The van der Waals surface area contributed by atoms with E-state index >= 15 is 0 Å². The highest BCUT2D eigenvalue weighted by Crippen LogP contribution is 1.84. The average molecular weight is 209 g/mol. The molecule has 0 aromatic heterocycles. The molecule has 0 amide bonds. The van der Waals surface area contributed by atoms with Crippen molar-refractivity contribution < 1.29 is 19.5 Å². The lowest BCUT2D eigenvalue weighted by Crippen LogP contribution is -2.43. The topological polar surface area (TPSA) is 99.1 Å². The zero-order valence-corrected chi connectivity index (χ0v) is 8.08. The lowest BCUT2D eigenvalue weighted by Gasteiger charge is -2.19. The van der Waals surface area contributed by atoms with Crippen LogP contribution in [0.25, 0.3) is 0 Å². The highest BCUT2D eigenvalue weighted by Gasteiger charge is 2.09. The fourth-order valence-corrected chi connectivity index (χ4v) is 0.733. The van der Waals surface area contributed by atoms with Gasteiger partial charge in [-0.15, -0.1) is 0 Å². The van der Waals surface area contributed by atoms with E-state index in [9.17, 15) is 14.4 Å². The van der Waals surface area contributed by atoms with Gasteiger partial charge < -0.3 is 29.7 Å². The van der Waals surface area contributed by atoms with Crippen LogP contribution in [0.5, 0.6) is 0 Å². The van der Waals surface area contributed by atoms with Crippen LogP contribution in [0.3, 0.4) is 0 Å². The molecule has 0 heterocycles. The molecule has 0 aliphatic heterocycles. The lowest BCUT2D eigenvalue weighted by molar-refractivity contribution is -0.137. The molecule has 0 rings (SSSR count). The van der Waals surface area contributed by atoms with Gasteiger partial charge in [-0.3, -0.25) is 4.79 Å². The molecular formula is C6H9B2N3O4. The molecule has 0 aromatic rings. The second-order valence-corrected chi connectivity index (χ2v) is 2.43. The van der Waals surface area contributed by atoms with Crippen LogP contribution in [0.15, 0.2) is 4.90 Å². The third-order valence-electron chi connectivity index (χ3n) is 1.27. The minimum Gasteiger partial charge on any atom is -0.480 e. The number of likely N-dealkylation sites (N-methyl/N-ethyl adjacent to an activating group) is 1. The third kappa shape index (κ3) is 6.30. The van der Waals surface area contributed by atoms with Crippen LogP contribution in [0.1, 0.15) is 0 Å². The van der Waals surface area contributed by atoms with Crippen LogP contribution in [-0.4, -0.2) is 62.7 Å². The predicted molar refractivity (Wildman–Crippen MR) is 55.8 cm³/mol.